The van der Waals surface area contributed by atoms with E-state index in [1.807, 2.05) is 6.92 Å². The van der Waals surface area contributed by atoms with Crippen molar-refractivity contribution in [1.29, 1.82) is 0 Å². The number of nitrogens with zero attached hydrogens (tertiary/aromatic N) is 3. The number of carbonyl (C=O) groups excluding carboxylic acids is 2. The van der Waals surface area contributed by atoms with Crippen LogP contribution in [-0.2, 0) is 11.3 Å². The van der Waals surface area contributed by atoms with Crippen LogP contribution in [0.3, 0.4) is 0 Å². The molecule has 1 N–H and O–H groups in total. The number of carbonyl (C=O) groups is 2. The molecular formula is C13H20N4O2. The second kappa shape index (κ2) is 5.86. The summed E-state index contributed by atoms with van der Waals surface area (Å²) in [6.45, 7) is 4.03. The van der Waals surface area contributed by atoms with Gasteiger partial charge in [0.1, 0.15) is 5.69 Å². The number of rotatable bonds is 5. The predicted octanol–water partition coefficient (Wildman–Crippen LogP) is 0.501. The highest BCUT2D eigenvalue weighted by atomic mass is 16.2. The summed E-state index contributed by atoms with van der Waals surface area (Å²) < 4.78 is 1.71. The quantitative estimate of drug-likeness (QED) is 0.842. The standard InChI is InChI=1S/C13H20N4O2/c1-3-6-17-11(4-5-15-17)13(19)14-8-10-7-12(18)16(2)9-10/h4-5,10H,3,6-9H2,1-2H3,(H,14,19)/t10-/m0/s1. The lowest BCUT2D eigenvalue weighted by Crippen LogP contribution is -2.32. The molecule has 1 aliphatic rings. The molecule has 0 aliphatic carbocycles. The first-order valence-corrected chi connectivity index (χ1v) is 6.65. The molecule has 1 aromatic heterocycles. The van der Waals surface area contributed by atoms with Crippen molar-refractivity contribution in [1.82, 2.24) is 20.0 Å². The van der Waals surface area contributed by atoms with Gasteiger partial charge in [0, 0.05) is 45.2 Å². The summed E-state index contributed by atoms with van der Waals surface area (Å²) in [7, 11) is 1.79. The van der Waals surface area contributed by atoms with E-state index in [1.165, 1.54) is 0 Å². The summed E-state index contributed by atoms with van der Waals surface area (Å²) in [6.07, 6.45) is 3.09. The Morgan fingerprint density at radius 3 is 3.00 bits per heavy atom. The first-order chi connectivity index (χ1) is 9.11. The molecule has 0 aromatic carbocycles. The summed E-state index contributed by atoms with van der Waals surface area (Å²) in [6, 6.07) is 1.72. The Labute approximate surface area is 112 Å². The smallest absolute Gasteiger partial charge is 0.269 e. The van der Waals surface area contributed by atoms with E-state index >= 15 is 0 Å². The molecule has 1 aromatic rings. The van der Waals surface area contributed by atoms with E-state index in [4.69, 9.17) is 0 Å². The zero-order valence-electron chi connectivity index (χ0n) is 11.4. The summed E-state index contributed by atoms with van der Waals surface area (Å²) >= 11 is 0. The average Bonchev–Trinajstić information content (AvgIpc) is 2.95. The number of hydrogen-bond donors (Lipinski definition) is 1. The third-order valence-electron chi connectivity index (χ3n) is 3.36. The molecule has 1 fully saturated rings. The first kappa shape index (κ1) is 13.6. The molecule has 2 rings (SSSR count). The number of amides is 2. The van der Waals surface area contributed by atoms with Gasteiger partial charge in [0.05, 0.1) is 0 Å². The Bertz CT molecular complexity index is 469. The number of aryl methyl sites for hydroxylation is 1. The minimum atomic E-state index is -0.118. The molecule has 6 nitrogen and oxygen atoms in total. The van der Waals surface area contributed by atoms with Crippen molar-refractivity contribution >= 4 is 11.8 Å². The van der Waals surface area contributed by atoms with Crippen molar-refractivity contribution < 1.29 is 9.59 Å². The Hall–Kier alpha value is -1.85. The van der Waals surface area contributed by atoms with E-state index in [9.17, 15) is 9.59 Å². The van der Waals surface area contributed by atoms with Crippen molar-refractivity contribution in [2.24, 2.45) is 5.92 Å². The molecule has 1 aliphatic heterocycles. The molecule has 6 heteroatoms. The van der Waals surface area contributed by atoms with Crippen LogP contribution in [0.25, 0.3) is 0 Å². The summed E-state index contributed by atoms with van der Waals surface area (Å²) in [5, 5.41) is 7.01. The molecule has 104 valence electrons. The van der Waals surface area contributed by atoms with E-state index < -0.39 is 0 Å². The van der Waals surface area contributed by atoms with Gasteiger partial charge in [-0.1, -0.05) is 6.92 Å². The molecular weight excluding hydrogens is 244 g/mol. The summed E-state index contributed by atoms with van der Waals surface area (Å²) in [5.41, 5.74) is 0.583. The molecule has 1 atom stereocenters. The van der Waals surface area contributed by atoms with Gasteiger partial charge in [-0.3, -0.25) is 14.3 Å². The Morgan fingerprint density at radius 1 is 1.58 bits per heavy atom. The topological polar surface area (TPSA) is 67.2 Å². The van der Waals surface area contributed by atoms with Crippen LogP contribution in [-0.4, -0.2) is 46.6 Å². The van der Waals surface area contributed by atoms with Crippen LogP contribution in [0.1, 0.15) is 30.3 Å². The highest BCUT2D eigenvalue weighted by molar-refractivity contribution is 5.92. The van der Waals surface area contributed by atoms with Crippen LogP contribution in [0.15, 0.2) is 12.3 Å². The fourth-order valence-corrected chi connectivity index (χ4v) is 2.34. The highest BCUT2D eigenvalue weighted by Gasteiger charge is 2.27. The van der Waals surface area contributed by atoms with Crippen molar-refractivity contribution in [3.63, 3.8) is 0 Å². The molecule has 0 unspecified atom stereocenters. The van der Waals surface area contributed by atoms with E-state index in [0.29, 0.717) is 25.2 Å². The van der Waals surface area contributed by atoms with Crippen LogP contribution >= 0.6 is 0 Å². The lowest BCUT2D eigenvalue weighted by molar-refractivity contribution is -0.126. The van der Waals surface area contributed by atoms with Crippen LogP contribution in [0.2, 0.25) is 0 Å². The van der Waals surface area contributed by atoms with E-state index in [0.717, 1.165) is 13.0 Å². The zero-order chi connectivity index (χ0) is 13.8. The van der Waals surface area contributed by atoms with Crippen molar-refractivity contribution in [2.75, 3.05) is 20.1 Å². The second-order valence-corrected chi connectivity index (χ2v) is 4.99. The maximum Gasteiger partial charge on any atom is 0.269 e. The van der Waals surface area contributed by atoms with Crippen LogP contribution in [0, 0.1) is 5.92 Å². The van der Waals surface area contributed by atoms with Crippen LogP contribution < -0.4 is 5.32 Å². The second-order valence-electron chi connectivity index (χ2n) is 4.99. The fraction of sp³-hybridized carbons (Fsp3) is 0.615. The monoisotopic (exact) mass is 264 g/mol. The van der Waals surface area contributed by atoms with Gasteiger partial charge in [-0.25, -0.2) is 0 Å². The Balaban J connectivity index is 1.87. The van der Waals surface area contributed by atoms with Gasteiger partial charge in [-0.15, -0.1) is 0 Å². The number of hydrogen-bond acceptors (Lipinski definition) is 3. The molecule has 0 radical (unpaired) electrons. The minimum Gasteiger partial charge on any atom is -0.350 e. The number of likely N-dealkylation sites (tertiary alicyclic amines) is 1. The molecule has 2 amide bonds. The minimum absolute atomic E-state index is 0.118. The zero-order valence-corrected chi connectivity index (χ0v) is 11.4. The normalized spacial score (nSPS) is 18.9. The number of nitrogens with one attached hydrogen (secondary N) is 1. The van der Waals surface area contributed by atoms with E-state index in [1.54, 1.807) is 28.9 Å². The Kier molecular flexibility index (Phi) is 4.19. The SMILES string of the molecule is CCCn1nccc1C(=O)NC[C@@H]1CC(=O)N(C)C1. The van der Waals surface area contributed by atoms with Crippen LogP contribution in [0.5, 0.6) is 0 Å². The molecule has 19 heavy (non-hydrogen) atoms. The van der Waals surface area contributed by atoms with Crippen molar-refractivity contribution in [3.05, 3.63) is 18.0 Å². The van der Waals surface area contributed by atoms with Gasteiger partial charge in [-0.2, -0.15) is 5.10 Å². The summed E-state index contributed by atoms with van der Waals surface area (Å²) in [5.74, 6) is 0.243. The lowest BCUT2D eigenvalue weighted by atomic mass is 10.1. The Morgan fingerprint density at radius 2 is 2.37 bits per heavy atom. The van der Waals surface area contributed by atoms with Gasteiger partial charge < -0.3 is 10.2 Å². The van der Waals surface area contributed by atoms with E-state index in [-0.39, 0.29) is 17.7 Å². The predicted molar refractivity (Wildman–Crippen MR) is 70.6 cm³/mol. The summed E-state index contributed by atoms with van der Waals surface area (Å²) in [4.78, 5) is 25.2. The van der Waals surface area contributed by atoms with Gasteiger partial charge in [0.2, 0.25) is 5.91 Å². The van der Waals surface area contributed by atoms with Crippen molar-refractivity contribution in [3.8, 4) is 0 Å². The molecule has 0 saturated carbocycles. The molecule has 0 spiro atoms. The molecule has 2 heterocycles. The largest absolute Gasteiger partial charge is 0.350 e. The molecule has 0 bridgehead atoms. The molecule has 1 saturated heterocycles. The lowest BCUT2D eigenvalue weighted by Gasteiger charge is -2.12. The van der Waals surface area contributed by atoms with Gasteiger partial charge in [-0.05, 0) is 12.5 Å². The van der Waals surface area contributed by atoms with Gasteiger partial charge in [0.25, 0.3) is 5.91 Å². The van der Waals surface area contributed by atoms with Gasteiger partial charge in [0.15, 0.2) is 0 Å². The maximum absolute atomic E-state index is 12.1. The number of aromatic nitrogens is 2. The first-order valence-electron chi connectivity index (χ1n) is 6.65. The maximum atomic E-state index is 12.1. The fourth-order valence-electron chi connectivity index (χ4n) is 2.34. The van der Waals surface area contributed by atoms with Crippen LogP contribution in [0.4, 0.5) is 0 Å². The highest BCUT2D eigenvalue weighted by Crippen LogP contribution is 2.14. The van der Waals surface area contributed by atoms with Crippen molar-refractivity contribution in [2.45, 2.75) is 26.3 Å². The van der Waals surface area contributed by atoms with Gasteiger partial charge >= 0.3 is 0 Å². The van der Waals surface area contributed by atoms with E-state index in [2.05, 4.69) is 10.4 Å². The third kappa shape index (κ3) is 3.13. The third-order valence-corrected chi connectivity index (χ3v) is 3.36. The average molecular weight is 264 g/mol.